The van der Waals surface area contributed by atoms with Crippen molar-refractivity contribution < 1.29 is 4.74 Å². The summed E-state index contributed by atoms with van der Waals surface area (Å²) in [5, 5.41) is 6.51. The van der Waals surface area contributed by atoms with E-state index in [1.165, 1.54) is 12.8 Å². The molecule has 1 saturated carbocycles. The molecular weight excluding hydrogens is 228 g/mol. The predicted molar refractivity (Wildman–Crippen MR) is 70.8 cm³/mol. The number of hydrogen-bond donors (Lipinski definition) is 2. The lowest BCUT2D eigenvalue weighted by atomic mass is 10.1. The number of anilines is 2. The lowest BCUT2D eigenvalue weighted by molar-refractivity contribution is 0.0898. The summed E-state index contributed by atoms with van der Waals surface area (Å²) in [4.78, 5) is 8.68. The minimum absolute atomic E-state index is 0.373. The molecule has 2 atom stereocenters. The number of nitrogens with zero attached hydrogens (tertiary/aromatic N) is 2. The summed E-state index contributed by atoms with van der Waals surface area (Å²) < 4.78 is 5.84. The third-order valence-corrected chi connectivity index (χ3v) is 3.74. The molecule has 1 aromatic heterocycles. The first kappa shape index (κ1) is 11.7. The number of nitrogens with one attached hydrogen (secondary N) is 2. The van der Waals surface area contributed by atoms with Gasteiger partial charge in [0.2, 0.25) is 5.95 Å². The minimum Gasteiger partial charge on any atom is -0.376 e. The summed E-state index contributed by atoms with van der Waals surface area (Å²) in [6, 6.07) is 0.399. The van der Waals surface area contributed by atoms with Gasteiger partial charge in [-0.15, -0.1) is 0 Å². The molecule has 1 aliphatic heterocycles. The third-order valence-electron chi connectivity index (χ3n) is 3.74. The summed E-state index contributed by atoms with van der Waals surface area (Å²) in [6.07, 6.45) is 5.92. The molecule has 0 aromatic carbocycles. The first-order chi connectivity index (χ1) is 8.78. The number of aromatic nitrogens is 2. The van der Waals surface area contributed by atoms with Crippen molar-refractivity contribution in [1.29, 1.82) is 0 Å². The van der Waals surface area contributed by atoms with Gasteiger partial charge < -0.3 is 15.4 Å². The van der Waals surface area contributed by atoms with E-state index in [9.17, 15) is 0 Å². The lowest BCUT2D eigenvalue weighted by Crippen LogP contribution is -2.31. The van der Waals surface area contributed by atoms with Crippen LogP contribution >= 0.6 is 0 Å². The standard InChI is InChI=1S/C13H20N4O/c1-8-7-15-13(14-2)17-12(8)16-10-5-6-18-11(10)9-3-4-9/h7,9-11H,3-6H2,1-2H3,(H2,14,15,16,17). The fourth-order valence-electron chi connectivity index (χ4n) is 2.54. The maximum atomic E-state index is 5.84. The van der Waals surface area contributed by atoms with Crippen LogP contribution in [0.4, 0.5) is 11.8 Å². The zero-order valence-corrected chi connectivity index (χ0v) is 10.9. The highest BCUT2D eigenvalue weighted by Crippen LogP contribution is 2.39. The van der Waals surface area contributed by atoms with E-state index in [1.807, 2.05) is 20.2 Å². The average Bonchev–Trinajstić information content (AvgIpc) is 3.13. The van der Waals surface area contributed by atoms with Crippen LogP contribution in [0.1, 0.15) is 24.8 Å². The smallest absolute Gasteiger partial charge is 0.224 e. The Labute approximate surface area is 107 Å². The van der Waals surface area contributed by atoms with Gasteiger partial charge in [0.15, 0.2) is 0 Å². The van der Waals surface area contributed by atoms with Crippen LogP contribution in [0, 0.1) is 12.8 Å². The van der Waals surface area contributed by atoms with Gasteiger partial charge in [0.1, 0.15) is 5.82 Å². The van der Waals surface area contributed by atoms with Gasteiger partial charge in [-0.2, -0.15) is 4.98 Å². The fraction of sp³-hybridized carbons (Fsp3) is 0.692. The first-order valence-electron chi connectivity index (χ1n) is 6.67. The normalized spacial score (nSPS) is 27.2. The van der Waals surface area contributed by atoms with Crippen molar-refractivity contribution in [1.82, 2.24) is 9.97 Å². The van der Waals surface area contributed by atoms with Crippen molar-refractivity contribution >= 4 is 11.8 Å². The van der Waals surface area contributed by atoms with E-state index in [2.05, 4.69) is 20.6 Å². The summed E-state index contributed by atoms with van der Waals surface area (Å²) in [5.74, 6) is 2.34. The molecule has 3 rings (SSSR count). The van der Waals surface area contributed by atoms with Gasteiger partial charge in [-0.05, 0) is 32.1 Å². The molecule has 0 amide bonds. The molecule has 1 saturated heterocycles. The van der Waals surface area contributed by atoms with Gasteiger partial charge in [-0.3, -0.25) is 0 Å². The Morgan fingerprint density at radius 1 is 1.33 bits per heavy atom. The molecule has 0 radical (unpaired) electrons. The zero-order valence-electron chi connectivity index (χ0n) is 10.9. The number of rotatable bonds is 4. The second kappa shape index (κ2) is 4.72. The number of hydrogen-bond acceptors (Lipinski definition) is 5. The number of ether oxygens (including phenoxy) is 1. The molecule has 0 spiro atoms. The highest BCUT2D eigenvalue weighted by molar-refractivity contribution is 5.47. The number of aryl methyl sites for hydroxylation is 1. The van der Waals surface area contributed by atoms with Crippen molar-refractivity contribution in [3.05, 3.63) is 11.8 Å². The Balaban J connectivity index is 1.74. The van der Waals surface area contributed by atoms with Crippen molar-refractivity contribution in [2.24, 2.45) is 5.92 Å². The Morgan fingerprint density at radius 3 is 2.89 bits per heavy atom. The second-order valence-electron chi connectivity index (χ2n) is 5.19. The van der Waals surface area contributed by atoms with Crippen LogP contribution in [-0.2, 0) is 4.74 Å². The largest absolute Gasteiger partial charge is 0.376 e. The van der Waals surface area contributed by atoms with E-state index in [0.29, 0.717) is 18.1 Å². The maximum Gasteiger partial charge on any atom is 0.224 e. The van der Waals surface area contributed by atoms with E-state index in [-0.39, 0.29) is 0 Å². The minimum atomic E-state index is 0.373. The highest BCUT2D eigenvalue weighted by atomic mass is 16.5. The third kappa shape index (κ3) is 2.27. The van der Waals surface area contributed by atoms with Crippen LogP contribution in [0.3, 0.4) is 0 Å². The Morgan fingerprint density at radius 2 is 2.17 bits per heavy atom. The molecule has 2 heterocycles. The van der Waals surface area contributed by atoms with E-state index in [1.54, 1.807) is 0 Å². The molecule has 2 N–H and O–H groups in total. The summed E-state index contributed by atoms with van der Waals surface area (Å²) in [5.41, 5.74) is 1.08. The van der Waals surface area contributed by atoms with Crippen molar-refractivity contribution in [3.63, 3.8) is 0 Å². The first-order valence-corrected chi connectivity index (χ1v) is 6.67. The Hall–Kier alpha value is -1.36. The van der Waals surface area contributed by atoms with E-state index in [0.717, 1.165) is 30.3 Å². The molecule has 2 fully saturated rings. The van der Waals surface area contributed by atoms with Crippen LogP contribution < -0.4 is 10.6 Å². The van der Waals surface area contributed by atoms with Crippen LogP contribution in [0.5, 0.6) is 0 Å². The van der Waals surface area contributed by atoms with Gasteiger partial charge in [-0.25, -0.2) is 4.98 Å². The lowest BCUT2D eigenvalue weighted by Gasteiger charge is -2.21. The van der Waals surface area contributed by atoms with Crippen molar-refractivity contribution in [2.75, 3.05) is 24.3 Å². The van der Waals surface area contributed by atoms with Crippen molar-refractivity contribution in [2.45, 2.75) is 38.3 Å². The molecule has 18 heavy (non-hydrogen) atoms. The topological polar surface area (TPSA) is 59.1 Å². The van der Waals surface area contributed by atoms with Crippen LogP contribution in [0.25, 0.3) is 0 Å². The molecule has 1 aromatic rings. The fourth-order valence-corrected chi connectivity index (χ4v) is 2.54. The second-order valence-corrected chi connectivity index (χ2v) is 5.19. The highest BCUT2D eigenvalue weighted by Gasteiger charge is 2.40. The van der Waals surface area contributed by atoms with Gasteiger partial charge in [0, 0.05) is 25.4 Å². The van der Waals surface area contributed by atoms with E-state index in [4.69, 9.17) is 4.74 Å². The molecule has 2 aliphatic rings. The zero-order chi connectivity index (χ0) is 12.5. The molecule has 5 nitrogen and oxygen atoms in total. The SMILES string of the molecule is CNc1ncc(C)c(NC2CCOC2C2CC2)n1. The quantitative estimate of drug-likeness (QED) is 0.851. The molecule has 1 aliphatic carbocycles. The van der Waals surface area contributed by atoms with Crippen molar-refractivity contribution in [3.8, 4) is 0 Å². The van der Waals surface area contributed by atoms with Gasteiger partial charge in [-0.1, -0.05) is 0 Å². The maximum absolute atomic E-state index is 5.84. The van der Waals surface area contributed by atoms with Crippen LogP contribution in [0.2, 0.25) is 0 Å². The van der Waals surface area contributed by atoms with E-state index < -0.39 is 0 Å². The Kier molecular flexibility index (Phi) is 3.07. The summed E-state index contributed by atoms with van der Waals surface area (Å²) in [6.45, 7) is 2.89. The van der Waals surface area contributed by atoms with Gasteiger partial charge >= 0.3 is 0 Å². The van der Waals surface area contributed by atoms with Gasteiger partial charge in [0.25, 0.3) is 0 Å². The summed E-state index contributed by atoms with van der Waals surface area (Å²) in [7, 11) is 1.83. The molecular formula is C13H20N4O. The van der Waals surface area contributed by atoms with E-state index >= 15 is 0 Å². The molecule has 98 valence electrons. The predicted octanol–water partition coefficient (Wildman–Crippen LogP) is 1.81. The van der Waals surface area contributed by atoms with Crippen LogP contribution in [-0.4, -0.2) is 35.8 Å². The summed E-state index contributed by atoms with van der Waals surface area (Å²) >= 11 is 0. The Bertz CT molecular complexity index is 433. The van der Waals surface area contributed by atoms with Crippen LogP contribution in [0.15, 0.2) is 6.20 Å². The van der Waals surface area contributed by atoms with Gasteiger partial charge in [0.05, 0.1) is 12.1 Å². The molecule has 2 unspecified atom stereocenters. The average molecular weight is 248 g/mol. The molecule has 5 heteroatoms. The molecule has 0 bridgehead atoms. The monoisotopic (exact) mass is 248 g/mol.